The number of nitrogens with zero attached hydrogens (tertiary/aromatic N) is 1. The standard InChI is InChI=1S/C12H20N2O4/c1-3-18-12(17)6-11(16)8-14-5-4-10(7-14)13-9(2)15/h10H,3-8H2,1-2H3,(H,13,15). The number of carbonyl (C=O) groups is 3. The first kappa shape index (κ1) is 14.6. The van der Waals surface area contributed by atoms with Gasteiger partial charge in [-0.15, -0.1) is 0 Å². The van der Waals surface area contributed by atoms with Gasteiger partial charge in [0.05, 0.1) is 13.2 Å². The maximum Gasteiger partial charge on any atom is 0.313 e. The van der Waals surface area contributed by atoms with Gasteiger partial charge in [-0.2, -0.15) is 0 Å². The van der Waals surface area contributed by atoms with E-state index in [9.17, 15) is 14.4 Å². The molecule has 0 spiro atoms. The molecule has 1 atom stereocenters. The maximum absolute atomic E-state index is 11.6. The number of esters is 1. The highest BCUT2D eigenvalue weighted by molar-refractivity contribution is 5.96. The first-order valence-corrected chi connectivity index (χ1v) is 6.18. The number of amides is 1. The largest absolute Gasteiger partial charge is 0.466 e. The molecule has 6 heteroatoms. The minimum absolute atomic E-state index is 0.0558. The van der Waals surface area contributed by atoms with Gasteiger partial charge >= 0.3 is 5.97 Å². The van der Waals surface area contributed by atoms with Crippen LogP contribution >= 0.6 is 0 Å². The Morgan fingerprint density at radius 3 is 2.72 bits per heavy atom. The highest BCUT2D eigenvalue weighted by Crippen LogP contribution is 2.09. The van der Waals surface area contributed by atoms with Crippen LogP contribution in [0.25, 0.3) is 0 Å². The van der Waals surface area contributed by atoms with Crippen molar-refractivity contribution in [2.45, 2.75) is 32.7 Å². The zero-order valence-electron chi connectivity index (χ0n) is 10.9. The summed E-state index contributed by atoms with van der Waals surface area (Å²) >= 11 is 0. The van der Waals surface area contributed by atoms with E-state index in [0.717, 1.165) is 13.0 Å². The first-order valence-electron chi connectivity index (χ1n) is 6.18. The van der Waals surface area contributed by atoms with E-state index in [1.54, 1.807) is 6.92 Å². The van der Waals surface area contributed by atoms with Crippen molar-refractivity contribution >= 4 is 17.7 Å². The molecule has 1 aliphatic rings. The highest BCUT2D eigenvalue weighted by atomic mass is 16.5. The minimum Gasteiger partial charge on any atom is -0.466 e. The number of nitrogens with one attached hydrogen (secondary N) is 1. The molecule has 1 unspecified atom stereocenters. The number of Topliss-reactive ketones (excluding diaryl/α,β-unsaturated/α-hetero) is 1. The number of ketones is 1. The Kier molecular flexibility index (Phi) is 5.77. The van der Waals surface area contributed by atoms with Crippen LogP contribution in [-0.2, 0) is 19.1 Å². The third-order valence-electron chi connectivity index (χ3n) is 2.73. The SMILES string of the molecule is CCOC(=O)CC(=O)CN1CCC(NC(C)=O)C1. The molecule has 1 heterocycles. The summed E-state index contributed by atoms with van der Waals surface area (Å²) in [5, 5.41) is 2.82. The van der Waals surface area contributed by atoms with Crippen LogP contribution in [0.1, 0.15) is 26.7 Å². The number of rotatable bonds is 6. The summed E-state index contributed by atoms with van der Waals surface area (Å²) in [7, 11) is 0. The van der Waals surface area contributed by atoms with Gasteiger partial charge in [0.1, 0.15) is 6.42 Å². The molecule has 1 N–H and O–H groups in total. The quantitative estimate of drug-likeness (QED) is 0.522. The van der Waals surface area contributed by atoms with Gasteiger partial charge in [-0.1, -0.05) is 0 Å². The molecular formula is C12H20N2O4. The second-order valence-electron chi connectivity index (χ2n) is 4.44. The van der Waals surface area contributed by atoms with Gasteiger partial charge in [0, 0.05) is 26.1 Å². The second-order valence-corrected chi connectivity index (χ2v) is 4.44. The molecule has 0 aliphatic carbocycles. The summed E-state index contributed by atoms with van der Waals surface area (Å²) in [6.45, 7) is 5.15. The molecular weight excluding hydrogens is 236 g/mol. The highest BCUT2D eigenvalue weighted by Gasteiger charge is 2.25. The Balaban J connectivity index is 2.25. The lowest BCUT2D eigenvalue weighted by Crippen LogP contribution is -2.37. The summed E-state index contributed by atoms with van der Waals surface area (Å²) in [5.41, 5.74) is 0. The normalized spacial score (nSPS) is 19.6. The second kappa shape index (κ2) is 7.10. The van der Waals surface area contributed by atoms with E-state index < -0.39 is 5.97 Å². The molecule has 0 bridgehead atoms. The Morgan fingerprint density at radius 2 is 2.11 bits per heavy atom. The predicted octanol–water partition coefficient (Wildman–Crippen LogP) is -0.281. The van der Waals surface area contributed by atoms with Gasteiger partial charge in [-0.25, -0.2) is 0 Å². The van der Waals surface area contributed by atoms with Crippen molar-refractivity contribution in [3.63, 3.8) is 0 Å². The molecule has 6 nitrogen and oxygen atoms in total. The Bertz CT molecular complexity index is 330. The summed E-state index contributed by atoms with van der Waals surface area (Å²) < 4.78 is 4.72. The molecule has 1 amide bonds. The topological polar surface area (TPSA) is 75.7 Å². The fourth-order valence-electron chi connectivity index (χ4n) is 2.06. The van der Waals surface area contributed by atoms with Gasteiger partial charge < -0.3 is 10.1 Å². The zero-order valence-corrected chi connectivity index (χ0v) is 10.9. The molecule has 18 heavy (non-hydrogen) atoms. The summed E-state index contributed by atoms with van der Waals surface area (Å²) in [6, 6.07) is 0.109. The van der Waals surface area contributed by atoms with Crippen LogP contribution in [0.15, 0.2) is 0 Å². The lowest BCUT2D eigenvalue weighted by atomic mass is 10.2. The molecule has 0 aromatic heterocycles. The molecule has 1 rings (SSSR count). The third-order valence-corrected chi connectivity index (χ3v) is 2.73. The molecule has 1 fully saturated rings. The minimum atomic E-state index is -0.472. The van der Waals surface area contributed by atoms with Crippen molar-refractivity contribution in [1.29, 1.82) is 0 Å². The van der Waals surface area contributed by atoms with Gasteiger partial charge in [0.15, 0.2) is 5.78 Å². The smallest absolute Gasteiger partial charge is 0.313 e. The summed E-state index contributed by atoms with van der Waals surface area (Å²) in [5.74, 6) is -0.670. The average molecular weight is 256 g/mol. The van der Waals surface area contributed by atoms with Crippen molar-refractivity contribution in [3.05, 3.63) is 0 Å². The van der Waals surface area contributed by atoms with Crippen LogP contribution in [-0.4, -0.2) is 54.8 Å². The van der Waals surface area contributed by atoms with E-state index in [-0.39, 0.29) is 30.7 Å². The van der Waals surface area contributed by atoms with Crippen LogP contribution in [0.2, 0.25) is 0 Å². The lowest BCUT2D eigenvalue weighted by Gasteiger charge is -2.15. The van der Waals surface area contributed by atoms with Crippen molar-refractivity contribution in [1.82, 2.24) is 10.2 Å². The Morgan fingerprint density at radius 1 is 1.39 bits per heavy atom. The number of hydrogen-bond donors (Lipinski definition) is 1. The Hall–Kier alpha value is -1.43. The van der Waals surface area contributed by atoms with Crippen molar-refractivity contribution in [2.24, 2.45) is 0 Å². The fraction of sp³-hybridized carbons (Fsp3) is 0.750. The van der Waals surface area contributed by atoms with Crippen molar-refractivity contribution in [2.75, 3.05) is 26.2 Å². The van der Waals surface area contributed by atoms with Crippen LogP contribution < -0.4 is 5.32 Å². The van der Waals surface area contributed by atoms with Gasteiger partial charge in [0.2, 0.25) is 5.91 Å². The summed E-state index contributed by atoms with van der Waals surface area (Å²) in [4.78, 5) is 35.5. The van der Waals surface area contributed by atoms with E-state index in [1.807, 2.05) is 4.90 Å². The molecule has 1 saturated heterocycles. The van der Waals surface area contributed by atoms with E-state index in [4.69, 9.17) is 4.74 Å². The van der Waals surface area contributed by atoms with E-state index in [0.29, 0.717) is 13.2 Å². The molecule has 1 aliphatic heterocycles. The van der Waals surface area contributed by atoms with Crippen molar-refractivity contribution in [3.8, 4) is 0 Å². The Labute approximate surface area is 107 Å². The molecule has 102 valence electrons. The number of likely N-dealkylation sites (tertiary alicyclic amines) is 1. The van der Waals surface area contributed by atoms with Crippen LogP contribution in [0, 0.1) is 0 Å². The predicted molar refractivity (Wildman–Crippen MR) is 64.9 cm³/mol. The van der Waals surface area contributed by atoms with E-state index in [1.165, 1.54) is 6.92 Å². The van der Waals surface area contributed by atoms with Gasteiger partial charge in [0.25, 0.3) is 0 Å². The zero-order chi connectivity index (χ0) is 13.5. The number of ether oxygens (including phenoxy) is 1. The lowest BCUT2D eigenvalue weighted by molar-refractivity contribution is -0.145. The molecule has 0 radical (unpaired) electrons. The molecule has 0 aromatic rings. The van der Waals surface area contributed by atoms with Crippen LogP contribution in [0.4, 0.5) is 0 Å². The number of hydrogen-bond acceptors (Lipinski definition) is 5. The van der Waals surface area contributed by atoms with Crippen LogP contribution in [0.5, 0.6) is 0 Å². The first-order chi connectivity index (χ1) is 8.51. The van der Waals surface area contributed by atoms with Crippen molar-refractivity contribution < 1.29 is 19.1 Å². The molecule has 0 aromatic carbocycles. The van der Waals surface area contributed by atoms with Gasteiger partial charge in [-0.3, -0.25) is 19.3 Å². The third kappa shape index (κ3) is 5.27. The van der Waals surface area contributed by atoms with Crippen LogP contribution in [0.3, 0.4) is 0 Å². The maximum atomic E-state index is 11.6. The number of carbonyl (C=O) groups excluding carboxylic acids is 3. The molecule has 0 saturated carbocycles. The van der Waals surface area contributed by atoms with E-state index >= 15 is 0 Å². The van der Waals surface area contributed by atoms with E-state index in [2.05, 4.69) is 5.32 Å². The summed E-state index contributed by atoms with van der Waals surface area (Å²) in [6.07, 6.45) is 0.668. The van der Waals surface area contributed by atoms with Gasteiger partial charge in [-0.05, 0) is 13.3 Å². The fourth-order valence-corrected chi connectivity index (χ4v) is 2.06. The average Bonchev–Trinajstić information content (AvgIpc) is 2.64. The monoisotopic (exact) mass is 256 g/mol.